The molecule has 0 radical (unpaired) electrons. The Labute approximate surface area is 220 Å². The molecule has 0 spiro atoms. The van der Waals surface area contributed by atoms with Crippen molar-refractivity contribution in [1.82, 2.24) is 0 Å². The molecule has 0 aliphatic heterocycles. The topological polar surface area (TPSA) is 66.8 Å². The Kier molecular flexibility index (Phi) is 5.97. The maximum atomic E-state index is 12.2. The lowest BCUT2D eigenvalue weighted by molar-refractivity contribution is -0.280. The first-order chi connectivity index (χ1) is 16.4. The van der Waals surface area contributed by atoms with Crippen molar-refractivity contribution in [2.24, 2.45) is 56.7 Å². The number of hydrogen-bond acceptors (Lipinski definition) is 4. The van der Waals surface area contributed by atoms with Crippen molar-refractivity contribution in [2.45, 2.75) is 138 Å². The fourth-order valence-corrected chi connectivity index (χ4v) is 12.2. The van der Waals surface area contributed by atoms with Crippen molar-refractivity contribution in [3.8, 4) is 0 Å². The van der Waals surface area contributed by atoms with Crippen LogP contribution in [0.3, 0.4) is 0 Å². The molecule has 0 heterocycles. The third-order valence-electron chi connectivity index (χ3n) is 14.0. The third-order valence-corrected chi connectivity index (χ3v) is 14.0. The van der Waals surface area contributed by atoms with Crippen molar-refractivity contribution in [2.75, 3.05) is 0 Å². The van der Waals surface area contributed by atoms with Gasteiger partial charge in [-0.1, -0.05) is 41.5 Å². The molecule has 206 valence electrons. The Hall–Kier alpha value is -0.610. The summed E-state index contributed by atoms with van der Waals surface area (Å²) in [5.74, 6) is 1.76. The highest BCUT2D eigenvalue weighted by Gasteiger charge is 2.72. The van der Waals surface area contributed by atoms with Crippen LogP contribution in [0.5, 0.6) is 0 Å². The van der Waals surface area contributed by atoms with Crippen LogP contribution < -0.4 is 0 Å². The Morgan fingerprint density at radius 3 is 2.17 bits per heavy atom. The zero-order valence-corrected chi connectivity index (χ0v) is 24.6. The number of carbonyl (C=O) groups is 1. The average molecular weight is 503 g/mol. The van der Waals surface area contributed by atoms with E-state index in [9.17, 15) is 15.0 Å². The molecule has 1 unspecified atom stereocenters. The number of ether oxygens (including phenoxy) is 1. The van der Waals surface area contributed by atoms with Gasteiger partial charge in [0.15, 0.2) is 0 Å². The molecule has 4 heteroatoms. The fraction of sp³-hybridized carbons (Fsp3) is 0.969. The third kappa shape index (κ3) is 3.41. The quantitative estimate of drug-likeness (QED) is 0.409. The summed E-state index contributed by atoms with van der Waals surface area (Å²) in [7, 11) is 0. The van der Waals surface area contributed by atoms with Crippen LogP contribution in [0.25, 0.3) is 0 Å². The maximum absolute atomic E-state index is 12.2. The molecule has 5 aliphatic rings. The highest BCUT2D eigenvalue weighted by molar-refractivity contribution is 5.66. The van der Waals surface area contributed by atoms with E-state index in [1.807, 2.05) is 13.8 Å². The first-order valence-corrected chi connectivity index (χ1v) is 15.0. The Balaban J connectivity index is 1.54. The summed E-state index contributed by atoms with van der Waals surface area (Å²) in [5.41, 5.74) is -0.222. The van der Waals surface area contributed by atoms with E-state index >= 15 is 0 Å². The van der Waals surface area contributed by atoms with Crippen LogP contribution in [0.4, 0.5) is 0 Å². The molecular weight excluding hydrogens is 448 g/mol. The minimum absolute atomic E-state index is 0.0343. The molecule has 4 nitrogen and oxygen atoms in total. The van der Waals surface area contributed by atoms with Gasteiger partial charge in [-0.05, 0) is 123 Å². The number of esters is 1. The van der Waals surface area contributed by atoms with Gasteiger partial charge in [-0.2, -0.15) is 0 Å². The number of fused-ring (bicyclic) bond motifs is 7. The van der Waals surface area contributed by atoms with Crippen LogP contribution in [0.15, 0.2) is 0 Å². The monoisotopic (exact) mass is 502 g/mol. The standard InChI is InChI=1S/C32H54O4/c1-19(33)36-24-12-14-30(7)23(27(24,2)3)11-15-32(9)26(30)22(34)18-21-25-20(28(4,5)35)10-13-29(25,6)16-17-31(21,32)8/h20-26,34-35H,10-18H2,1-9H3/t20-,21-,22-,23+,24?,25-,26-,29-,30+,31-,32-/m1/s1. The van der Waals surface area contributed by atoms with E-state index < -0.39 is 5.60 Å². The second-order valence-corrected chi connectivity index (χ2v) is 16.3. The number of carbonyl (C=O) groups excluding carboxylic acids is 1. The average Bonchev–Trinajstić information content (AvgIpc) is 3.09. The van der Waals surface area contributed by atoms with Crippen molar-refractivity contribution in [3.05, 3.63) is 0 Å². The van der Waals surface area contributed by atoms with E-state index in [-0.39, 0.29) is 51.2 Å². The van der Waals surface area contributed by atoms with Gasteiger partial charge in [-0.25, -0.2) is 0 Å². The van der Waals surface area contributed by atoms with Gasteiger partial charge in [0.1, 0.15) is 6.10 Å². The molecule has 2 N–H and O–H groups in total. The number of rotatable bonds is 2. The lowest BCUT2D eigenvalue weighted by atomic mass is 9.31. The predicted molar refractivity (Wildman–Crippen MR) is 143 cm³/mol. The second kappa shape index (κ2) is 7.96. The lowest BCUT2D eigenvalue weighted by Crippen LogP contribution is -2.70. The molecule has 11 atom stereocenters. The predicted octanol–water partition coefficient (Wildman–Crippen LogP) is 6.76. The van der Waals surface area contributed by atoms with Crippen LogP contribution in [0.2, 0.25) is 0 Å². The van der Waals surface area contributed by atoms with Gasteiger partial charge < -0.3 is 14.9 Å². The zero-order valence-electron chi connectivity index (χ0n) is 24.6. The largest absolute Gasteiger partial charge is 0.462 e. The summed E-state index contributed by atoms with van der Waals surface area (Å²) < 4.78 is 5.87. The molecule has 0 amide bonds. The highest BCUT2D eigenvalue weighted by Crippen LogP contribution is 2.77. The van der Waals surface area contributed by atoms with Crippen molar-refractivity contribution < 1.29 is 19.7 Å². The molecule has 0 aromatic carbocycles. The normalized spacial score (nSPS) is 54.0. The van der Waals surface area contributed by atoms with E-state index in [0.717, 1.165) is 38.5 Å². The first kappa shape index (κ1) is 27.0. The summed E-state index contributed by atoms with van der Waals surface area (Å²) in [6, 6.07) is 0. The molecule has 0 bridgehead atoms. The van der Waals surface area contributed by atoms with Crippen LogP contribution in [-0.4, -0.2) is 34.0 Å². The van der Waals surface area contributed by atoms with Crippen LogP contribution >= 0.6 is 0 Å². The van der Waals surface area contributed by atoms with Crippen LogP contribution in [0.1, 0.15) is 120 Å². The molecule has 5 fully saturated rings. The maximum Gasteiger partial charge on any atom is 0.302 e. The molecular formula is C32H54O4. The van der Waals surface area contributed by atoms with E-state index in [1.165, 1.54) is 26.2 Å². The minimum Gasteiger partial charge on any atom is -0.462 e. The van der Waals surface area contributed by atoms with Crippen molar-refractivity contribution >= 4 is 5.97 Å². The van der Waals surface area contributed by atoms with Gasteiger partial charge >= 0.3 is 5.97 Å². The molecule has 36 heavy (non-hydrogen) atoms. The molecule has 0 aromatic heterocycles. The van der Waals surface area contributed by atoms with Crippen molar-refractivity contribution in [3.63, 3.8) is 0 Å². The molecule has 0 aromatic rings. The first-order valence-electron chi connectivity index (χ1n) is 15.0. The smallest absolute Gasteiger partial charge is 0.302 e. The summed E-state index contributed by atoms with van der Waals surface area (Å²) >= 11 is 0. The highest BCUT2D eigenvalue weighted by atomic mass is 16.5. The fourth-order valence-electron chi connectivity index (χ4n) is 12.2. The van der Waals surface area contributed by atoms with Crippen LogP contribution in [-0.2, 0) is 9.53 Å². The zero-order chi connectivity index (χ0) is 26.7. The second-order valence-electron chi connectivity index (χ2n) is 16.3. The summed E-state index contributed by atoms with van der Waals surface area (Å²) in [6.45, 7) is 20.3. The molecule has 5 aliphatic carbocycles. The number of aliphatic hydroxyl groups excluding tert-OH is 1. The molecule has 5 rings (SSSR count). The van der Waals surface area contributed by atoms with E-state index in [0.29, 0.717) is 23.7 Å². The molecule has 0 saturated heterocycles. The Morgan fingerprint density at radius 1 is 0.889 bits per heavy atom. The molecule has 5 saturated carbocycles. The van der Waals surface area contributed by atoms with Gasteiger partial charge in [-0.3, -0.25) is 4.79 Å². The SMILES string of the molecule is CC(=O)OC1CC[C@]2(C)[C@H]3[C@H](O)C[C@@H]4[C@H]5[C@H](C(C)(C)O)CC[C@]5(C)CC[C@@]4(C)[C@]3(C)CC[C@H]2C1(C)C. The number of aliphatic hydroxyl groups is 2. The van der Waals surface area contributed by atoms with E-state index in [2.05, 4.69) is 41.5 Å². The van der Waals surface area contributed by atoms with E-state index in [4.69, 9.17) is 4.74 Å². The minimum atomic E-state index is -0.674. The van der Waals surface area contributed by atoms with Gasteiger partial charge in [0, 0.05) is 12.3 Å². The van der Waals surface area contributed by atoms with E-state index in [1.54, 1.807) is 0 Å². The van der Waals surface area contributed by atoms with Crippen molar-refractivity contribution in [1.29, 1.82) is 0 Å². The Morgan fingerprint density at radius 2 is 1.56 bits per heavy atom. The Bertz CT molecular complexity index is 904. The summed E-state index contributed by atoms with van der Waals surface area (Å²) in [4.78, 5) is 11.9. The summed E-state index contributed by atoms with van der Waals surface area (Å²) in [5, 5.41) is 23.4. The summed E-state index contributed by atoms with van der Waals surface area (Å²) in [6.07, 6.45) is 9.51. The number of hydrogen-bond donors (Lipinski definition) is 2. The lowest BCUT2D eigenvalue weighted by Gasteiger charge is -2.73. The van der Waals surface area contributed by atoms with Gasteiger partial charge in [0.2, 0.25) is 0 Å². The van der Waals surface area contributed by atoms with Gasteiger partial charge in [0.25, 0.3) is 0 Å². The van der Waals surface area contributed by atoms with Gasteiger partial charge in [0.05, 0.1) is 11.7 Å². The van der Waals surface area contributed by atoms with Gasteiger partial charge in [-0.15, -0.1) is 0 Å². The van der Waals surface area contributed by atoms with Crippen LogP contribution in [0, 0.1) is 56.7 Å².